The first kappa shape index (κ1) is 12.2. The maximum Gasteiger partial charge on any atom is 0.284 e. The average molecular weight is 264 g/mol. The molecule has 8 heteroatoms. The summed E-state index contributed by atoms with van der Waals surface area (Å²) in [5.41, 5.74) is 0.129. The number of nitro benzene ring substituents is 1. The molecule has 0 aliphatic heterocycles. The summed E-state index contributed by atoms with van der Waals surface area (Å²) in [6, 6.07) is 4.26. The van der Waals surface area contributed by atoms with Crippen molar-refractivity contribution in [1.29, 1.82) is 0 Å². The lowest BCUT2D eigenvalue weighted by Gasteiger charge is -2.00. The molecular formula is C10H8N4O3S. The van der Waals surface area contributed by atoms with Crippen LogP contribution in [-0.4, -0.2) is 26.4 Å². The van der Waals surface area contributed by atoms with E-state index in [1.807, 2.05) is 0 Å². The quantitative estimate of drug-likeness (QED) is 0.514. The van der Waals surface area contributed by atoms with Crippen LogP contribution < -0.4 is 0 Å². The Hall–Kier alpha value is -2.22. The summed E-state index contributed by atoms with van der Waals surface area (Å²) in [4.78, 5) is 25.4. The van der Waals surface area contributed by atoms with Gasteiger partial charge in [-0.2, -0.15) is 0 Å². The normalized spacial score (nSPS) is 10.3. The van der Waals surface area contributed by atoms with Gasteiger partial charge in [0.25, 0.3) is 5.69 Å². The van der Waals surface area contributed by atoms with Crippen LogP contribution in [0.5, 0.6) is 0 Å². The van der Waals surface area contributed by atoms with E-state index in [9.17, 15) is 14.9 Å². The molecule has 0 atom stereocenters. The van der Waals surface area contributed by atoms with E-state index >= 15 is 0 Å². The molecule has 1 N–H and O–H groups in total. The van der Waals surface area contributed by atoms with Gasteiger partial charge in [-0.15, -0.1) is 5.10 Å². The van der Waals surface area contributed by atoms with E-state index in [0.717, 1.165) is 11.8 Å². The molecule has 1 heterocycles. The largest absolute Gasteiger partial charge is 0.298 e. The summed E-state index contributed by atoms with van der Waals surface area (Å²) in [6.07, 6.45) is 0.568. The first-order chi connectivity index (χ1) is 8.60. The highest BCUT2D eigenvalue weighted by atomic mass is 32.2. The summed E-state index contributed by atoms with van der Waals surface area (Å²) >= 11 is 1.07. The zero-order chi connectivity index (χ0) is 13.1. The number of aldehydes is 1. The molecule has 18 heavy (non-hydrogen) atoms. The number of aromatic nitrogens is 3. The summed E-state index contributed by atoms with van der Waals surface area (Å²) in [6.45, 7) is 1.74. The van der Waals surface area contributed by atoms with Crippen molar-refractivity contribution in [2.75, 3.05) is 0 Å². The van der Waals surface area contributed by atoms with Gasteiger partial charge in [0, 0.05) is 11.6 Å². The highest BCUT2D eigenvalue weighted by Crippen LogP contribution is 2.33. The molecule has 0 saturated heterocycles. The minimum absolute atomic E-state index is 0.132. The van der Waals surface area contributed by atoms with Gasteiger partial charge >= 0.3 is 0 Å². The van der Waals surface area contributed by atoms with Gasteiger partial charge in [0.05, 0.1) is 9.82 Å². The van der Waals surface area contributed by atoms with E-state index in [-0.39, 0.29) is 11.3 Å². The van der Waals surface area contributed by atoms with E-state index in [1.54, 1.807) is 6.92 Å². The van der Waals surface area contributed by atoms with Crippen molar-refractivity contribution in [3.63, 3.8) is 0 Å². The molecule has 0 bridgehead atoms. The molecular weight excluding hydrogens is 256 g/mol. The Labute approximate surface area is 106 Å². The molecule has 0 aliphatic rings. The molecule has 1 aromatic carbocycles. The van der Waals surface area contributed by atoms with Gasteiger partial charge < -0.3 is 0 Å². The number of aryl methyl sites for hydroxylation is 1. The second-order valence-corrected chi connectivity index (χ2v) is 4.42. The van der Waals surface area contributed by atoms with Crippen LogP contribution in [0.15, 0.2) is 28.3 Å². The first-order valence-corrected chi connectivity index (χ1v) is 5.72. The molecule has 0 amide bonds. The van der Waals surface area contributed by atoms with E-state index in [2.05, 4.69) is 15.2 Å². The van der Waals surface area contributed by atoms with Gasteiger partial charge in [0.2, 0.25) is 5.16 Å². The van der Waals surface area contributed by atoms with Crippen molar-refractivity contribution >= 4 is 23.7 Å². The number of hydrogen-bond acceptors (Lipinski definition) is 6. The molecule has 0 radical (unpaired) electrons. The van der Waals surface area contributed by atoms with Gasteiger partial charge in [-0.05, 0) is 24.8 Å². The van der Waals surface area contributed by atoms with Crippen molar-refractivity contribution in [3.05, 3.63) is 39.7 Å². The number of aromatic amines is 1. The summed E-state index contributed by atoms with van der Waals surface area (Å²) in [7, 11) is 0. The number of nitro groups is 1. The van der Waals surface area contributed by atoms with Gasteiger partial charge in [-0.3, -0.25) is 20.0 Å². The fraction of sp³-hybridized carbons (Fsp3) is 0.100. The van der Waals surface area contributed by atoms with Crippen LogP contribution in [0, 0.1) is 17.0 Å². The number of nitrogens with zero attached hydrogens (tertiary/aromatic N) is 3. The van der Waals surface area contributed by atoms with Crippen molar-refractivity contribution in [2.24, 2.45) is 0 Å². The van der Waals surface area contributed by atoms with Crippen molar-refractivity contribution < 1.29 is 9.72 Å². The lowest BCUT2D eigenvalue weighted by atomic mass is 10.2. The molecule has 0 fully saturated rings. The molecule has 92 valence electrons. The number of carbonyl (C=O) groups excluding carboxylic acids is 1. The summed E-state index contributed by atoms with van der Waals surface area (Å²) in [5, 5.41) is 17.9. The monoisotopic (exact) mass is 264 g/mol. The standard InChI is InChI=1S/C10H8N4O3S/c1-6-11-10(13-12-6)18-9-3-2-7(5-15)4-8(9)14(16)17/h2-5H,1H3,(H,11,12,13). The molecule has 7 nitrogen and oxygen atoms in total. The number of hydrogen-bond donors (Lipinski definition) is 1. The minimum atomic E-state index is -0.533. The average Bonchev–Trinajstić information content (AvgIpc) is 2.75. The third-order valence-electron chi connectivity index (χ3n) is 2.09. The van der Waals surface area contributed by atoms with Gasteiger partial charge in [-0.25, -0.2) is 4.98 Å². The third kappa shape index (κ3) is 2.54. The molecule has 0 unspecified atom stereocenters. The fourth-order valence-electron chi connectivity index (χ4n) is 1.30. The van der Waals surface area contributed by atoms with Gasteiger partial charge in [-0.1, -0.05) is 6.07 Å². The maximum absolute atomic E-state index is 10.9. The Bertz CT molecular complexity index is 611. The second kappa shape index (κ2) is 4.96. The summed E-state index contributed by atoms with van der Waals surface area (Å²) < 4.78 is 0. The highest BCUT2D eigenvalue weighted by Gasteiger charge is 2.17. The Morgan fingerprint density at radius 3 is 2.83 bits per heavy atom. The van der Waals surface area contributed by atoms with E-state index in [1.165, 1.54) is 18.2 Å². The molecule has 0 spiro atoms. The molecule has 0 saturated carbocycles. The Morgan fingerprint density at radius 1 is 1.50 bits per heavy atom. The molecule has 0 aliphatic carbocycles. The summed E-state index contributed by atoms with van der Waals surface area (Å²) in [5.74, 6) is 0.629. The maximum atomic E-state index is 10.9. The number of nitrogens with one attached hydrogen (secondary N) is 1. The third-order valence-corrected chi connectivity index (χ3v) is 3.02. The molecule has 2 rings (SSSR count). The first-order valence-electron chi connectivity index (χ1n) is 4.90. The number of H-pyrrole nitrogens is 1. The van der Waals surface area contributed by atoms with Crippen molar-refractivity contribution in [1.82, 2.24) is 15.2 Å². The number of rotatable bonds is 4. The zero-order valence-electron chi connectivity index (χ0n) is 9.28. The fourth-order valence-corrected chi connectivity index (χ4v) is 2.15. The van der Waals surface area contributed by atoms with Crippen LogP contribution in [0.1, 0.15) is 16.2 Å². The van der Waals surface area contributed by atoms with Crippen LogP contribution in [0.2, 0.25) is 0 Å². The minimum Gasteiger partial charge on any atom is -0.298 e. The van der Waals surface area contributed by atoms with E-state index < -0.39 is 4.92 Å². The van der Waals surface area contributed by atoms with E-state index in [4.69, 9.17) is 0 Å². The lowest BCUT2D eigenvalue weighted by molar-refractivity contribution is -0.387. The van der Waals surface area contributed by atoms with Crippen LogP contribution in [0.25, 0.3) is 0 Å². The van der Waals surface area contributed by atoms with Crippen molar-refractivity contribution in [3.8, 4) is 0 Å². The van der Waals surface area contributed by atoms with Crippen molar-refractivity contribution in [2.45, 2.75) is 17.0 Å². The van der Waals surface area contributed by atoms with E-state index in [0.29, 0.717) is 22.2 Å². The molecule has 2 aromatic rings. The Kier molecular flexibility index (Phi) is 3.38. The van der Waals surface area contributed by atoms with Crippen LogP contribution >= 0.6 is 11.8 Å². The number of carbonyl (C=O) groups is 1. The Morgan fingerprint density at radius 2 is 2.28 bits per heavy atom. The van der Waals surface area contributed by atoms with Gasteiger partial charge in [0.1, 0.15) is 12.1 Å². The second-order valence-electron chi connectivity index (χ2n) is 3.41. The van der Waals surface area contributed by atoms with Gasteiger partial charge in [0.15, 0.2) is 0 Å². The number of benzene rings is 1. The molecule has 1 aromatic heterocycles. The highest BCUT2D eigenvalue weighted by molar-refractivity contribution is 7.99. The predicted molar refractivity (Wildman–Crippen MR) is 63.7 cm³/mol. The SMILES string of the molecule is Cc1nc(Sc2ccc(C=O)cc2[N+](=O)[O-])n[nH]1. The topological polar surface area (TPSA) is 102 Å². The lowest BCUT2D eigenvalue weighted by Crippen LogP contribution is -1.93. The zero-order valence-corrected chi connectivity index (χ0v) is 10.1. The van der Waals surface area contributed by atoms with Crippen LogP contribution in [0.4, 0.5) is 5.69 Å². The predicted octanol–water partition coefficient (Wildman–Crippen LogP) is 1.99. The smallest absolute Gasteiger partial charge is 0.284 e. The van der Waals surface area contributed by atoms with Crippen LogP contribution in [0.3, 0.4) is 0 Å². The van der Waals surface area contributed by atoms with Crippen LogP contribution in [-0.2, 0) is 0 Å². The Balaban J connectivity index is 2.37.